The summed E-state index contributed by atoms with van der Waals surface area (Å²) in [4.78, 5) is 34.1. The number of nitrogens with one attached hydrogen (secondary N) is 3. The van der Waals surface area contributed by atoms with Gasteiger partial charge in [0, 0.05) is 31.9 Å². The average Bonchev–Trinajstić information content (AvgIpc) is 3.32. The molecule has 11 heteroatoms. The number of fused-ring (bicyclic) bond motifs is 1. The number of alkyl halides is 1. The van der Waals surface area contributed by atoms with Crippen LogP contribution in [0.25, 0.3) is 11.5 Å². The van der Waals surface area contributed by atoms with Crippen LogP contribution in [0.5, 0.6) is 0 Å². The van der Waals surface area contributed by atoms with Crippen molar-refractivity contribution in [3.05, 3.63) is 52.7 Å². The zero-order valence-corrected chi connectivity index (χ0v) is 17.2. The molecule has 2 unspecified atom stereocenters. The van der Waals surface area contributed by atoms with Crippen molar-refractivity contribution in [2.45, 2.75) is 31.5 Å². The molecule has 0 aromatic carbocycles. The number of nitrogens with zero attached hydrogens (tertiary/aromatic N) is 5. The smallest absolute Gasteiger partial charge is 0.279 e. The number of hydrogen-bond donors (Lipinski definition) is 3. The maximum Gasteiger partial charge on any atom is 0.279 e. The number of allylic oxidation sites excluding steroid dienone is 1. The van der Waals surface area contributed by atoms with Crippen LogP contribution < -0.4 is 21.5 Å². The van der Waals surface area contributed by atoms with Gasteiger partial charge in [0.05, 0.1) is 17.9 Å². The van der Waals surface area contributed by atoms with Gasteiger partial charge in [-0.2, -0.15) is 0 Å². The van der Waals surface area contributed by atoms with Crippen LogP contribution in [0, 0.1) is 0 Å². The summed E-state index contributed by atoms with van der Waals surface area (Å²) in [6, 6.07) is 4.60. The van der Waals surface area contributed by atoms with E-state index < -0.39 is 18.1 Å². The second kappa shape index (κ2) is 7.91. The summed E-state index contributed by atoms with van der Waals surface area (Å²) in [5.41, 5.74) is 1.23. The van der Waals surface area contributed by atoms with Crippen LogP contribution >= 0.6 is 0 Å². The van der Waals surface area contributed by atoms with E-state index in [0.29, 0.717) is 35.1 Å². The number of rotatable bonds is 6. The Morgan fingerprint density at radius 2 is 2.12 bits per heavy atom. The molecule has 0 bridgehead atoms. The number of aromatic nitrogens is 4. The second-order valence-electron chi connectivity index (χ2n) is 7.58. The molecule has 5 rings (SSSR count). The fraction of sp³-hybridized carbons (Fsp3) is 0.286. The van der Waals surface area contributed by atoms with Gasteiger partial charge >= 0.3 is 0 Å². The van der Waals surface area contributed by atoms with E-state index in [9.17, 15) is 14.0 Å². The molecule has 3 aromatic heterocycles. The Morgan fingerprint density at radius 3 is 2.84 bits per heavy atom. The van der Waals surface area contributed by atoms with Crippen molar-refractivity contribution in [1.82, 2.24) is 24.5 Å². The van der Waals surface area contributed by atoms with Crippen LogP contribution in [0.15, 0.2) is 46.5 Å². The fourth-order valence-electron chi connectivity index (χ4n) is 3.49. The van der Waals surface area contributed by atoms with Crippen LogP contribution in [0.3, 0.4) is 0 Å². The fourth-order valence-corrected chi connectivity index (χ4v) is 3.49. The third kappa shape index (κ3) is 3.61. The Kier molecular flexibility index (Phi) is 4.92. The van der Waals surface area contributed by atoms with Crippen molar-refractivity contribution >= 4 is 40.8 Å². The molecule has 1 fully saturated rings. The third-order valence-corrected chi connectivity index (χ3v) is 5.30. The molecule has 10 nitrogen and oxygen atoms in total. The van der Waals surface area contributed by atoms with Gasteiger partial charge in [0.2, 0.25) is 0 Å². The molecule has 1 saturated carbocycles. The van der Waals surface area contributed by atoms with Gasteiger partial charge < -0.3 is 16.0 Å². The largest absolute Gasteiger partial charge is 0.385 e. The first-order chi connectivity index (χ1) is 15.5. The number of anilines is 3. The predicted molar refractivity (Wildman–Crippen MR) is 119 cm³/mol. The molecule has 1 aliphatic carbocycles. The standard InChI is InChI=1S/C21H21FN8O2/c1-23-15-10-17(26-13-5-4-8-29(21(13)32)18-6-2-3-7-24-18)28-30-16(11-25-19(15)30)20(31)27-14-9-12(14)22/h4-8,10-12,14,23H,2-3,9H2,1H3,(H,26,28)(H,27,31). The molecule has 0 saturated heterocycles. The van der Waals surface area contributed by atoms with Gasteiger partial charge in [-0.1, -0.05) is 0 Å². The summed E-state index contributed by atoms with van der Waals surface area (Å²) >= 11 is 0. The van der Waals surface area contributed by atoms with Gasteiger partial charge in [-0.15, -0.1) is 5.10 Å². The van der Waals surface area contributed by atoms with Crippen LogP contribution in [0.2, 0.25) is 0 Å². The highest BCUT2D eigenvalue weighted by Crippen LogP contribution is 2.26. The highest BCUT2D eigenvalue weighted by atomic mass is 19.1. The Bertz CT molecular complexity index is 1330. The predicted octanol–water partition coefficient (Wildman–Crippen LogP) is 2.18. The van der Waals surface area contributed by atoms with Crippen LogP contribution in [-0.2, 0) is 0 Å². The number of carbonyl (C=O) groups is 1. The van der Waals surface area contributed by atoms with Crippen molar-refractivity contribution in [2.24, 2.45) is 4.99 Å². The number of hydrogen-bond acceptors (Lipinski definition) is 7. The molecule has 1 aliphatic heterocycles. The van der Waals surface area contributed by atoms with Crippen LogP contribution in [0.1, 0.15) is 29.8 Å². The lowest BCUT2D eigenvalue weighted by Gasteiger charge is -2.13. The lowest BCUT2D eigenvalue weighted by molar-refractivity contribution is 0.0940. The lowest BCUT2D eigenvalue weighted by atomic mass is 10.2. The number of halogens is 1. The average molecular weight is 436 g/mol. The molecule has 164 valence electrons. The van der Waals surface area contributed by atoms with Gasteiger partial charge in [-0.3, -0.25) is 14.2 Å². The summed E-state index contributed by atoms with van der Waals surface area (Å²) < 4.78 is 16.0. The van der Waals surface area contributed by atoms with Crippen molar-refractivity contribution in [3.8, 4) is 0 Å². The maximum atomic E-state index is 13.2. The van der Waals surface area contributed by atoms with Crippen LogP contribution in [0.4, 0.5) is 21.6 Å². The van der Waals surface area contributed by atoms with E-state index in [2.05, 4.69) is 31.0 Å². The summed E-state index contributed by atoms with van der Waals surface area (Å²) in [5, 5.41) is 13.1. The zero-order valence-electron chi connectivity index (χ0n) is 17.2. The molecule has 3 N–H and O–H groups in total. The maximum absolute atomic E-state index is 13.2. The van der Waals surface area contributed by atoms with Crippen LogP contribution in [-0.4, -0.2) is 50.5 Å². The van der Waals surface area contributed by atoms with E-state index in [1.165, 1.54) is 15.3 Å². The summed E-state index contributed by atoms with van der Waals surface area (Å²) in [5.74, 6) is 0.446. The lowest BCUT2D eigenvalue weighted by Crippen LogP contribution is -2.28. The molecule has 2 aliphatic rings. The molecule has 0 spiro atoms. The molecule has 32 heavy (non-hydrogen) atoms. The van der Waals surface area contributed by atoms with Crippen molar-refractivity contribution in [2.75, 3.05) is 17.7 Å². The first-order valence-electron chi connectivity index (χ1n) is 10.3. The number of amides is 1. The zero-order chi connectivity index (χ0) is 22.2. The van der Waals surface area contributed by atoms with Crippen molar-refractivity contribution < 1.29 is 9.18 Å². The number of imidazole rings is 1. The topological polar surface area (TPSA) is 118 Å². The molecule has 4 heterocycles. The van der Waals surface area contributed by atoms with E-state index in [-0.39, 0.29) is 11.3 Å². The van der Waals surface area contributed by atoms with Gasteiger partial charge in [0.25, 0.3) is 11.5 Å². The van der Waals surface area contributed by atoms with E-state index >= 15 is 0 Å². The van der Waals surface area contributed by atoms with E-state index in [1.807, 2.05) is 6.08 Å². The molecule has 1 amide bonds. The molecule has 2 atom stereocenters. The van der Waals surface area contributed by atoms with E-state index in [4.69, 9.17) is 0 Å². The van der Waals surface area contributed by atoms with Crippen molar-refractivity contribution in [1.29, 1.82) is 0 Å². The Morgan fingerprint density at radius 1 is 1.28 bits per heavy atom. The van der Waals surface area contributed by atoms with Gasteiger partial charge in [0.15, 0.2) is 17.2 Å². The summed E-state index contributed by atoms with van der Waals surface area (Å²) in [7, 11) is 1.72. The van der Waals surface area contributed by atoms with Gasteiger partial charge in [0.1, 0.15) is 17.7 Å². The van der Waals surface area contributed by atoms with Crippen molar-refractivity contribution in [3.63, 3.8) is 0 Å². The Balaban J connectivity index is 1.50. The second-order valence-corrected chi connectivity index (χ2v) is 7.58. The molecule has 0 radical (unpaired) electrons. The Hall–Kier alpha value is -4.02. The third-order valence-electron chi connectivity index (χ3n) is 5.30. The minimum absolute atomic E-state index is 0.173. The number of aliphatic imine (C=N–C) groups is 1. The minimum Gasteiger partial charge on any atom is -0.385 e. The number of carbonyl (C=O) groups excluding carboxylic acids is 1. The quantitative estimate of drug-likeness (QED) is 0.545. The SMILES string of the molecule is CNc1cc(Nc2cccn(C3=CCCC=N3)c2=O)nn2c(C(=O)NC3CC3F)cnc12. The summed E-state index contributed by atoms with van der Waals surface area (Å²) in [6.45, 7) is 0. The normalized spacial score (nSPS) is 19.5. The van der Waals surface area contributed by atoms with E-state index in [0.717, 1.165) is 12.8 Å². The molecular formula is C21H21FN8O2. The highest BCUT2D eigenvalue weighted by Gasteiger charge is 2.39. The summed E-state index contributed by atoms with van der Waals surface area (Å²) in [6.07, 6.45) is 7.71. The number of pyridine rings is 1. The molecular weight excluding hydrogens is 415 g/mol. The minimum atomic E-state index is -1.01. The monoisotopic (exact) mass is 436 g/mol. The molecule has 3 aromatic rings. The van der Waals surface area contributed by atoms with Gasteiger partial charge in [-0.25, -0.2) is 18.9 Å². The van der Waals surface area contributed by atoms with E-state index in [1.54, 1.807) is 37.7 Å². The van der Waals surface area contributed by atoms with Gasteiger partial charge in [-0.05, 0) is 31.1 Å². The highest BCUT2D eigenvalue weighted by molar-refractivity contribution is 5.94. The first-order valence-corrected chi connectivity index (χ1v) is 10.3. The Labute approximate surface area is 181 Å². The first kappa shape index (κ1) is 19.9.